The molecule has 0 radical (unpaired) electrons. The summed E-state index contributed by atoms with van der Waals surface area (Å²) in [6.45, 7) is 0.640. The van der Waals surface area contributed by atoms with Crippen molar-refractivity contribution in [2.24, 2.45) is 0 Å². The molecule has 3 aromatic rings. The molecule has 0 N–H and O–H groups in total. The van der Waals surface area contributed by atoms with Crippen LogP contribution in [-0.4, -0.2) is 15.7 Å². The molecule has 0 amide bonds. The third-order valence-corrected chi connectivity index (χ3v) is 4.17. The molecule has 0 aliphatic heterocycles. The van der Waals surface area contributed by atoms with E-state index in [4.69, 9.17) is 4.74 Å². The number of hydrogen-bond acceptors (Lipinski definition) is 3. The molecule has 0 saturated carbocycles. The first-order valence-corrected chi connectivity index (χ1v) is 8.08. The summed E-state index contributed by atoms with van der Waals surface area (Å²) >= 11 is 3.25. The molecule has 0 spiro atoms. The van der Waals surface area contributed by atoms with E-state index < -0.39 is 5.97 Å². The predicted octanol–water partition coefficient (Wildman–Crippen LogP) is 4.19. The Bertz CT molecular complexity index is 849. The third-order valence-electron chi connectivity index (χ3n) is 3.43. The molecule has 1 heterocycles. The number of esters is 1. The molecule has 24 heavy (non-hydrogen) atoms. The zero-order valence-corrected chi connectivity index (χ0v) is 14.2. The lowest BCUT2D eigenvalue weighted by Gasteiger charge is -2.05. The Labute approximate surface area is 147 Å². The van der Waals surface area contributed by atoms with E-state index in [0.717, 1.165) is 5.56 Å². The van der Waals surface area contributed by atoms with Gasteiger partial charge in [0.25, 0.3) is 0 Å². The van der Waals surface area contributed by atoms with E-state index in [-0.39, 0.29) is 12.4 Å². The molecule has 1 aromatic heterocycles. The smallest absolute Gasteiger partial charge is 0.341 e. The monoisotopic (exact) mass is 388 g/mol. The fourth-order valence-corrected chi connectivity index (χ4v) is 2.66. The fraction of sp³-hybridized carbons (Fsp3) is 0.111. The van der Waals surface area contributed by atoms with Crippen LogP contribution in [0.4, 0.5) is 4.39 Å². The minimum Gasteiger partial charge on any atom is -0.457 e. The van der Waals surface area contributed by atoms with Crippen LogP contribution in [0.3, 0.4) is 0 Å². The molecular formula is C18H14BrFN2O2. The summed E-state index contributed by atoms with van der Waals surface area (Å²) in [5.74, 6) is -0.815. The van der Waals surface area contributed by atoms with E-state index in [1.165, 1.54) is 18.3 Å². The molecule has 0 aliphatic rings. The summed E-state index contributed by atoms with van der Waals surface area (Å²) in [7, 11) is 0. The van der Waals surface area contributed by atoms with E-state index in [0.29, 0.717) is 22.1 Å². The second kappa shape index (κ2) is 7.40. The molecule has 0 atom stereocenters. The number of nitrogens with zero attached hydrogens (tertiary/aromatic N) is 2. The Morgan fingerprint density at radius 2 is 2.00 bits per heavy atom. The quantitative estimate of drug-likeness (QED) is 0.615. The van der Waals surface area contributed by atoms with Gasteiger partial charge < -0.3 is 4.74 Å². The second-order valence-corrected chi connectivity index (χ2v) is 6.08. The van der Waals surface area contributed by atoms with E-state index in [9.17, 15) is 9.18 Å². The number of benzene rings is 2. The fourth-order valence-electron chi connectivity index (χ4n) is 2.19. The predicted molar refractivity (Wildman–Crippen MR) is 91.0 cm³/mol. The maximum atomic E-state index is 13.0. The maximum absolute atomic E-state index is 13.0. The van der Waals surface area contributed by atoms with Crippen LogP contribution in [-0.2, 0) is 17.9 Å². The average molecular weight is 389 g/mol. The van der Waals surface area contributed by atoms with Crippen molar-refractivity contribution in [3.05, 3.63) is 87.9 Å². The largest absolute Gasteiger partial charge is 0.457 e. The van der Waals surface area contributed by atoms with E-state index in [2.05, 4.69) is 21.0 Å². The van der Waals surface area contributed by atoms with Crippen molar-refractivity contribution < 1.29 is 13.9 Å². The third kappa shape index (κ3) is 4.08. The van der Waals surface area contributed by atoms with Gasteiger partial charge in [-0.15, -0.1) is 0 Å². The highest BCUT2D eigenvalue weighted by Gasteiger charge is 2.12. The van der Waals surface area contributed by atoms with Gasteiger partial charge in [-0.2, -0.15) is 5.10 Å². The molecule has 2 aromatic carbocycles. The topological polar surface area (TPSA) is 44.1 Å². The van der Waals surface area contributed by atoms with Crippen LogP contribution in [0.25, 0.3) is 0 Å². The highest BCUT2D eigenvalue weighted by atomic mass is 79.9. The van der Waals surface area contributed by atoms with E-state index >= 15 is 0 Å². The summed E-state index contributed by atoms with van der Waals surface area (Å²) in [6, 6.07) is 14.1. The van der Waals surface area contributed by atoms with Gasteiger partial charge in [0.15, 0.2) is 0 Å². The Morgan fingerprint density at radius 1 is 1.21 bits per heavy atom. The average Bonchev–Trinajstić information content (AvgIpc) is 3.03. The van der Waals surface area contributed by atoms with Crippen molar-refractivity contribution in [1.82, 2.24) is 9.78 Å². The summed E-state index contributed by atoms with van der Waals surface area (Å²) < 4.78 is 20.5. The van der Waals surface area contributed by atoms with Crippen molar-refractivity contribution in [2.45, 2.75) is 13.2 Å². The Kier molecular flexibility index (Phi) is 5.05. The first kappa shape index (κ1) is 16.4. The van der Waals surface area contributed by atoms with Crippen LogP contribution in [0.2, 0.25) is 0 Å². The number of hydrogen-bond donors (Lipinski definition) is 0. The maximum Gasteiger partial charge on any atom is 0.341 e. The zero-order valence-electron chi connectivity index (χ0n) is 12.7. The van der Waals surface area contributed by atoms with Crippen LogP contribution < -0.4 is 0 Å². The number of carbonyl (C=O) groups is 1. The standard InChI is InChI=1S/C18H14BrFN2O2/c19-17-8-16(20)7-6-14(17)12-24-18(23)15-9-21-22(11-15)10-13-4-2-1-3-5-13/h1-9,11H,10,12H2. The van der Waals surface area contributed by atoms with Gasteiger partial charge in [0.05, 0.1) is 18.3 Å². The molecule has 0 fully saturated rings. The number of ether oxygens (including phenoxy) is 1. The van der Waals surface area contributed by atoms with Crippen molar-refractivity contribution in [3.8, 4) is 0 Å². The first-order chi connectivity index (χ1) is 11.6. The molecular weight excluding hydrogens is 375 g/mol. The molecule has 6 heteroatoms. The van der Waals surface area contributed by atoms with Crippen LogP contribution in [0.15, 0.2) is 65.4 Å². The summed E-state index contributed by atoms with van der Waals surface area (Å²) in [4.78, 5) is 12.1. The lowest BCUT2D eigenvalue weighted by molar-refractivity contribution is 0.0472. The molecule has 0 aliphatic carbocycles. The number of rotatable bonds is 5. The van der Waals surface area contributed by atoms with Crippen molar-refractivity contribution in [2.75, 3.05) is 0 Å². The molecule has 0 unspecified atom stereocenters. The molecule has 0 saturated heterocycles. The lowest BCUT2D eigenvalue weighted by atomic mass is 10.2. The highest BCUT2D eigenvalue weighted by molar-refractivity contribution is 9.10. The van der Waals surface area contributed by atoms with Crippen LogP contribution in [0.1, 0.15) is 21.5 Å². The SMILES string of the molecule is O=C(OCc1ccc(F)cc1Br)c1cnn(Cc2ccccc2)c1. The molecule has 3 rings (SSSR count). The van der Waals surface area contributed by atoms with Gasteiger partial charge in [-0.25, -0.2) is 9.18 Å². The molecule has 0 bridgehead atoms. The van der Waals surface area contributed by atoms with Gasteiger partial charge in [-0.1, -0.05) is 52.3 Å². The van der Waals surface area contributed by atoms with Gasteiger partial charge >= 0.3 is 5.97 Å². The summed E-state index contributed by atoms with van der Waals surface area (Å²) in [5, 5.41) is 4.17. The number of halogens is 2. The van der Waals surface area contributed by atoms with Gasteiger partial charge in [-0.05, 0) is 17.7 Å². The number of aromatic nitrogens is 2. The summed E-state index contributed by atoms with van der Waals surface area (Å²) in [5.41, 5.74) is 2.17. The lowest BCUT2D eigenvalue weighted by Crippen LogP contribution is -2.05. The Hall–Kier alpha value is -2.47. The Balaban J connectivity index is 1.61. The second-order valence-electron chi connectivity index (χ2n) is 5.22. The minimum atomic E-state index is -0.467. The minimum absolute atomic E-state index is 0.0591. The number of carbonyl (C=O) groups excluding carboxylic acids is 1. The van der Waals surface area contributed by atoms with Crippen LogP contribution in [0, 0.1) is 5.82 Å². The van der Waals surface area contributed by atoms with Crippen LogP contribution in [0.5, 0.6) is 0 Å². The van der Waals surface area contributed by atoms with Gasteiger partial charge in [0.2, 0.25) is 0 Å². The Morgan fingerprint density at radius 3 is 2.75 bits per heavy atom. The molecule has 122 valence electrons. The normalized spacial score (nSPS) is 10.6. The summed E-state index contributed by atoms with van der Waals surface area (Å²) in [6.07, 6.45) is 3.13. The van der Waals surface area contributed by atoms with Crippen molar-refractivity contribution in [1.29, 1.82) is 0 Å². The van der Waals surface area contributed by atoms with Gasteiger partial charge in [-0.3, -0.25) is 4.68 Å². The van der Waals surface area contributed by atoms with Crippen molar-refractivity contribution >= 4 is 21.9 Å². The van der Waals surface area contributed by atoms with Crippen molar-refractivity contribution in [3.63, 3.8) is 0 Å². The zero-order chi connectivity index (χ0) is 16.9. The van der Waals surface area contributed by atoms with Gasteiger partial charge in [0, 0.05) is 16.2 Å². The van der Waals surface area contributed by atoms with E-state index in [1.807, 2.05) is 30.3 Å². The first-order valence-electron chi connectivity index (χ1n) is 7.29. The van der Waals surface area contributed by atoms with Gasteiger partial charge in [0.1, 0.15) is 12.4 Å². The van der Waals surface area contributed by atoms with E-state index in [1.54, 1.807) is 16.9 Å². The highest BCUT2D eigenvalue weighted by Crippen LogP contribution is 2.19. The van der Waals surface area contributed by atoms with Crippen LogP contribution >= 0.6 is 15.9 Å². The molecule has 4 nitrogen and oxygen atoms in total.